The molecule has 0 saturated carbocycles. The summed E-state index contributed by atoms with van der Waals surface area (Å²) >= 11 is 13.1. The van der Waals surface area contributed by atoms with Crippen LogP contribution in [0.4, 0.5) is 5.69 Å². The number of carbonyl (C=O) groups excluding carboxylic acids is 1. The number of hydrogen-bond donors (Lipinski definition) is 2. The Bertz CT molecular complexity index is 1300. The van der Waals surface area contributed by atoms with Crippen molar-refractivity contribution in [1.29, 1.82) is 0 Å². The van der Waals surface area contributed by atoms with E-state index in [1.807, 2.05) is 31.2 Å². The number of H-pyrrole nitrogens is 1. The molecule has 0 fully saturated rings. The molecule has 0 spiro atoms. The summed E-state index contributed by atoms with van der Waals surface area (Å²) in [7, 11) is 0. The Morgan fingerprint density at radius 1 is 1.21 bits per heavy atom. The molecule has 0 unspecified atom stereocenters. The van der Waals surface area contributed by atoms with E-state index in [9.17, 15) is 9.59 Å². The molecule has 0 aliphatic heterocycles. The van der Waals surface area contributed by atoms with E-state index in [1.54, 1.807) is 22.8 Å². The molecule has 29 heavy (non-hydrogen) atoms. The maximum absolute atomic E-state index is 12.9. The van der Waals surface area contributed by atoms with Crippen LogP contribution in [0.3, 0.4) is 0 Å². The van der Waals surface area contributed by atoms with Crippen LogP contribution in [0, 0.1) is 0 Å². The number of hydrogen-bond acceptors (Lipinski definition) is 4. The van der Waals surface area contributed by atoms with Gasteiger partial charge in [-0.25, -0.2) is 4.98 Å². The third kappa shape index (κ3) is 3.85. The van der Waals surface area contributed by atoms with Gasteiger partial charge in [0.2, 0.25) is 5.91 Å². The molecule has 2 aromatic carbocycles. The number of thioether (sulfide) groups is 1. The van der Waals surface area contributed by atoms with Crippen LogP contribution in [-0.2, 0) is 11.3 Å². The van der Waals surface area contributed by atoms with Crippen LogP contribution in [0.15, 0.2) is 52.4 Å². The fourth-order valence-corrected chi connectivity index (χ4v) is 4.22. The van der Waals surface area contributed by atoms with Gasteiger partial charge in [0.1, 0.15) is 11.0 Å². The lowest BCUT2D eigenvalue weighted by molar-refractivity contribution is -0.113. The topological polar surface area (TPSA) is 79.8 Å². The third-order valence-electron chi connectivity index (χ3n) is 4.43. The highest BCUT2D eigenvalue weighted by molar-refractivity contribution is 7.99. The van der Waals surface area contributed by atoms with Gasteiger partial charge >= 0.3 is 0 Å². The van der Waals surface area contributed by atoms with E-state index < -0.39 is 0 Å². The molecule has 6 nitrogen and oxygen atoms in total. The van der Waals surface area contributed by atoms with Crippen molar-refractivity contribution in [1.82, 2.24) is 14.5 Å². The minimum absolute atomic E-state index is 0.0978. The van der Waals surface area contributed by atoms with E-state index >= 15 is 0 Å². The van der Waals surface area contributed by atoms with Gasteiger partial charge in [0.05, 0.1) is 15.8 Å². The Balaban J connectivity index is 1.61. The molecule has 0 radical (unpaired) electrons. The highest BCUT2D eigenvalue weighted by Crippen LogP contribution is 2.26. The lowest BCUT2D eigenvalue weighted by atomic mass is 10.2. The van der Waals surface area contributed by atoms with Gasteiger partial charge < -0.3 is 10.3 Å². The monoisotopic (exact) mass is 446 g/mol. The molecule has 0 bridgehead atoms. The summed E-state index contributed by atoms with van der Waals surface area (Å²) < 4.78 is 1.56. The van der Waals surface area contributed by atoms with E-state index in [4.69, 9.17) is 23.2 Å². The largest absolute Gasteiger partial charge is 0.349 e. The van der Waals surface area contributed by atoms with Gasteiger partial charge in [-0.2, -0.15) is 0 Å². The molecular formula is C20H16Cl2N4O2S. The Morgan fingerprint density at radius 3 is 2.76 bits per heavy atom. The van der Waals surface area contributed by atoms with E-state index in [0.717, 1.165) is 10.9 Å². The number of nitrogens with one attached hydrogen (secondary N) is 2. The lowest BCUT2D eigenvalue weighted by Crippen LogP contribution is -2.23. The van der Waals surface area contributed by atoms with Crippen molar-refractivity contribution >= 4 is 68.5 Å². The first-order chi connectivity index (χ1) is 14.0. The predicted octanol–water partition coefficient (Wildman–Crippen LogP) is 4.94. The van der Waals surface area contributed by atoms with Crippen LogP contribution in [-0.4, -0.2) is 26.2 Å². The number of aromatic nitrogens is 3. The van der Waals surface area contributed by atoms with Gasteiger partial charge in [-0.05, 0) is 31.2 Å². The van der Waals surface area contributed by atoms with Crippen LogP contribution in [0.1, 0.15) is 6.92 Å². The molecule has 2 heterocycles. The average Bonchev–Trinajstić information content (AvgIpc) is 3.08. The summed E-state index contributed by atoms with van der Waals surface area (Å²) in [5.41, 5.74) is 2.34. The zero-order valence-corrected chi connectivity index (χ0v) is 17.7. The maximum atomic E-state index is 12.9. The minimum atomic E-state index is -0.232. The molecule has 0 atom stereocenters. The average molecular weight is 447 g/mol. The number of fused-ring (bicyclic) bond motifs is 3. The fourth-order valence-electron chi connectivity index (χ4n) is 3.07. The van der Waals surface area contributed by atoms with E-state index in [2.05, 4.69) is 15.3 Å². The second kappa shape index (κ2) is 8.10. The summed E-state index contributed by atoms with van der Waals surface area (Å²) in [5, 5.41) is 4.93. The molecule has 0 aliphatic carbocycles. The normalized spacial score (nSPS) is 11.3. The Kier molecular flexibility index (Phi) is 5.54. The lowest BCUT2D eigenvalue weighted by Gasteiger charge is -2.10. The Morgan fingerprint density at radius 2 is 2.00 bits per heavy atom. The van der Waals surface area contributed by atoms with E-state index in [0.29, 0.717) is 38.5 Å². The maximum Gasteiger partial charge on any atom is 0.278 e. The first-order valence-electron chi connectivity index (χ1n) is 8.87. The predicted molar refractivity (Wildman–Crippen MR) is 119 cm³/mol. The van der Waals surface area contributed by atoms with Crippen LogP contribution in [0.2, 0.25) is 10.0 Å². The second-order valence-corrected chi connectivity index (χ2v) is 8.06. The first kappa shape index (κ1) is 19.8. The molecule has 0 aliphatic rings. The fraction of sp³-hybridized carbons (Fsp3) is 0.150. The molecular weight excluding hydrogens is 431 g/mol. The summed E-state index contributed by atoms with van der Waals surface area (Å²) in [6.45, 7) is 2.32. The number of benzene rings is 2. The number of anilines is 1. The summed E-state index contributed by atoms with van der Waals surface area (Å²) in [6, 6.07) is 12.5. The quantitative estimate of drug-likeness (QED) is 0.336. The smallest absolute Gasteiger partial charge is 0.278 e. The van der Waals surface area contributed by atoms with Crippen LogP contribution in [0.5, 0.6) is 0 Å². The SMILES string of the molecule is CCn1c(SCC(=O)Nc2ccc(Cl)c(Cl)c2)nc2c([nH]c3ccccc32)c1=O. The van der Waals surface area contributed by atoms with E-state index in [1.165, 1.54) is 11.8 Å². The van der Waals surface area contributed by atoms with Crippen molar-refractivity contribution in [3.8, 4) is 0 Å². The number of para-hydroxylation sites is 1. The van der Waals surface area contributed by atoms with Gasteiger partial charge in [-0.15, -0.1) is 0 Å². The van der Waals surface area contributed by atoms with Crippen molar-refractivity contribution in [2.45, 2.75) is 18.6 Å². The minimum Gasteiger partial charge on any atom is -0.349 e. The standard InChI is InChI=1S/C20H16Cl2N4O2S/c1-2-26-19(28)18-17(12-5-3-4-6-15(12)24-18)25-20(26)29-10-16(27)23-11-7-8-13(21)14(22)9-11/h3-9,24H,2,10H2,1H3,(H,23,27). The van der Waals surface area contributed by atoms with Gasteiger partial charge in [-0.3, -0.25) is 14.2 Å². The van der Waals surface area contributed by atoms with Crippen molar-refractivity contribution in [2.75, 3.05) is 11.1 Å². The summed E-state index contributed by atoms with van der Waals surface area (Å²) in [6.07, 6.45) is 0. The number of halogens is 2. The molecule has 0 saturated heterocycles. The third-order valence-corrected chi connectivity index (χ3v) is 6.14. The molecule has 1 amide bonds. The summed E-state index contributed by atoms with van der Waals surface area (Å²) in [5.74, 6) is -0.134. The number of nitrogens with zero attached hydrogens (tertiary/aromatic N) is 2. The number of rotatable bonds is 5. The highest BCUT2D eigenvalue weighted by atomic mass is 35.5. The van der Waals surface area contributed by atoms with Gasteiger partial charge in [0, 0.05) is 23.1 Å². The Labute approximate surface area is 180 Å². The molecule has 4 aromatic rings. The molecule has 4 rings (SSSR count). The van der Waals surface area contributed by atoms with Crippen LogP contribution in [0.25, 0.3) is 21.9 Å². The zero-order chi connectivity index (χ0) is 20.5. The van der Waals surface area contributed by atoms with Gasteiger partial charge in [0.15, 0.2) is 5.16 Å². The number of amides is 1. The highest BCUT2D eigenvalue weighted by Gasteiger charge is 2.16. The first-order valence-corrected chi connectivity index (χ1v) is 10.6. The van der Waals surface area contributed by atoms with Crippen molar-refractivity contribution in [3.63, 3.8) is 0 Å². The second-order valence-electron chi connectivity index (χ2n) is 6.30. The Hall–Kier alpha value is -2.48. The number of carbonyl (C=O) groups is 1. The van der Waals surface area contributed by atoms with Crippen molar-refractivity contribution in [3.05, 3.63) is 62.9 Å². The molecule has 2 aromatic heterocycles. The summed E-state index contributed by atoms with van der Waals surface area (Å²) in [4.78, 5) is 33.1. The molecule has 148 valence electrons. The van der Waals surface area contributed by atoms with Gasteiger partial charge in [0.25, 0.3) is 5.56 Å². The van der Waals surface area contributed by atoms with Crippen LogP contribution >= 0.6 is 35.0 Å². The zero-order valence-electron chi connectivity index (χ0n) is 15.3. The van der Waals surface area contributed by atoms with Gasteiger partial charge in [-0.1, -0.05) is 53.2 Å². The van der Waals surface area contributed by atoms with Crippen molar-refractivity contribution < 1.29 is 4.79 Å². The van der Waals surface area contributed by atoms with E-state index in [-0.39, 0.29) is 17.2 Å². The van der Waals surface area contributed by atoms with Crippen LogP contribution < -0.4 is 10.9 Å². The molecule has 9 heteroatoms. The number of aromatic amines is 1. The van der Waals surface area contributed by atoms with Crippen molar-refractivity contribution in [2.24, 2.45) is 0 Å². The molecule has 2 N–H and O–H groups in total.